The molecule has 3 aromatic rings. The molecule has 1 fully saturated rings. The average molecular weight is 424 g/mol. The van der Waals surface area contributed by atoms with E-state index in [-0.39, 0.29) is 11.8 Å². The third-order valence-corrected chi connectivity index (χ3v) is 6.91. The fourth-order valence-electron chi connectivity index (χ4n) is 3.25. The summed E-state index contributed by atoms with van der Waals surface area (Å²) < 4.78 is 1.00. The van der Waals surface area contributed by atoms with Crippen LogP contribution in [0, 0.1) is 6.92 Å². The molecule has 148 valence electrons. The molecule has 2 aromatic carbocycles. The Kier molecular flexibility index (Phi) is 5.97. The van der Waals surface area contributed by atoms with Crippen molar-refractivity contribution in [3.05, 3.63) is 70.7 Å². The predicted molar refractivity (Wildman–Crippen MR) is 119 cm³/mol. The van der Waals surface area contributed by atoms with Crippen LogP contribution in [0.25, 0.3) is 0 Å². The van der Waals surface area contributed by atoms with Gasteiger partial charge in [0.1, 0.15) is 4.34 Å². The molecule has 5 nitrogen and oxygen atoms in total. The van der Waals surface area contributed by atoms with Gasteiger partial charge in [0.25, 0.3) is 5.91 Å². The van der Waals surface area contributed by atoms with Crippen molar-refractivity contribution in [1.82, 2.24) is 4.98 Å². The third-order valence-electron chi connectivity index (χ3n) is 4.72. The standard InChI is InChI=1S/C22H21N3O2S2/c1-15-13-28-22(23-15)29-14-16-5-2-3-6-19(16)21(27)24-17-8-10-18(11-9-17)25-12-4-7-20(25)26/h2-3,5-6,8-11,13H,4,7,12,14H2,1H3,(H,24,27). The molecule has 0 saturated carbocycles. The summed E-state index contributed by atoms with van der Waals surface area (Å²) in [5, 5.41) is 4.99. The Morgan fingerprint density at radius 2 is 2.00 bits per heavy atom. The van der Waals surface area contributed by atoms with E-state index in [1.54, 1.807) is 28.0 Å². The van der Waals surface area contributed by atoms with Gasteiger partial charge in [0.2, 0.25) is 5.91 Å². The maximum atomic E-state index is 12.8. The quantitative estimate of drug-likeness (QED) is 0.559. The summed E-state index contributed by atoms with van der Waals surface area (Å²) in [7, 11) is 0. The minimum Gasteiger partial charge on any atom is -0.322 e. The summed E-state index contributed by atoms with van der Waals surface area (Å²) in [6.45, 7) is 2.74. The van der Waals surface area contributed by atoms with Gasteiger partial charge in [-0.1, -0.05) is 30.0 Å². The highest BCUT2D eigenvalue weighted by Crippen LogP contribution is 2.28. The number of carbonyl (C=O) groups excluding carboxylic acids is 2. The Labute approximate surface area is 178 Å². The van der Waals surface area contributed by atoms with Crippen LogP contribution in [0.4, 0.5) is 11.4 Å². The molecule has 0 bridgehead atoms. The molecule has 29 heavy (non-hydrogen) atoms. The van der Waals surface area contributed by atoms with Crippen LogP contribution in [0.5, 0.6) is 0 Å². The van der Waals surface area contributed by atoms with E-state index in [4.69, 9.17) is 0 Å². The SMILES string of the molecule is Cc1csc(SCc2ccccc2C(=O)Nc2ccc(N3CCCC3=O)cc2)n1. The first kappa shape index (κ1) is 19.7. The van der Waals surface area contributed by atoms with Gasteiger partial charge in [-0.05, 0) is 49.2 Å². The van der Waals surface area contributed by atoms with Crippen molar-refractivity contribution in [2.24, 2.45) is 0 Å². The van der Waals surface area contributed by atoms with Gasteiger partial charge in [0.05, 0.1) is 0 Å². The third kappa shape index (κ3) is 4.68. The van der Waals surface area contributed by atoms with E-state index in [9.17, 15) is 9.59 Å². The lowest BCUT2D eigenvalue weighted by Crippen LogP contribution is -2.23. The van der Waals surface area contributed by atoms with E-state index in [0.717, 1.165) is 34.2 Å². The number of aryl methyl sites for hydroxylation is 1. The number of amides is 2. The normalized spacial score (nSPS) is 13.7. The van der Waals surface area contributed by atoms with Gasteiger partial charge >= 0.3 is 0 Å². The molecule has 1 saturated heterocycles. The van der Waals surface area contributed by atoms with Crippen LogP contribution in [-0.2, 0) is 10.5 Å². The molecule has 1 aliphatic rings. The number of thiazole rings is 1. The monoisotopic (exact) mass is 423 g/mol. The Morgan fingerprint density at radius 1 is 1.21 bits per heavy atom. The number of anilines is 2. The van der Waals surface area contributed by atoms with Gasteiger partial charge in [-0.3, -0.25) is 9.59 Å². The van der Waals surface area contributed by atoms with Crippen molar-refractivity contribution < 1.29 is 9.59 Å². The molecule has 4 rings (SSSR count). The number of hydrogen-bond acceptors (Lipinski definition) is 5. The number of carbonyl (C=O) groups is 2. The minimum atomic E-state index is -0.137. The van der Waals surface area contributed by atoms with Crippen LogP contribution in [0.2, 0.25) is 0 Å². The summed E-state index contributed by atoms with van der Waals surface area (Å²) in [4.78, 5) is 31.0. The van der Waals surface area contributed by atoms with Crippen LogP contribution >= 0.6 is 23.1 Å². The molecule has 0 unspecified atom stereocenters. The highest BCUT2D eigenvalue weighted by Gasteiger charge is 2.21. The zero-order chi connectivity index (χ0) is 20.2. The molecule has 1 aromatic heterocycles. The van der Waals surface area contributed by atoms with Gasteiger partial charge in [-0.2, -0.15) is 0 Å². The highest BCUT2D eigenvalue weighted by molar-refractivity contribution is 8.00. The van der Waals surface area contributed by atoms with E-state index >= 15 is 0 Å². The Bertz CT molecular complexity index is 1030. The second-order valence-corrected chi connectivity index (χ2v) is 8.93. The largest absolute Gasteiger partial charge is 0.322 e. The van der Waals surface area contributed by atoms with Crippen molar-refractivity contribution >= 4 is 46.3 Å². The van der Waals surface area contributed by atoms with Gasteiger partial charge in [-0.25, -0.2) is 4.98 Å². The van der Waals surface area contributed by atoms with Gasteiger partial charge in [0.15, 0.2) is 0 Å². The van der Waals surface area contributed by atoms with Crippen LogP contribution in [0.3, 0.4) is 0 Å². The van der Waals surface area contributed by atoms with Crippen LogP contribution in [0.1, 0.15) is 34.5 Å². The number of nitrogens with zero attached hydrogens (tertiary/aromatic N) is 2. The summed E-state index contributed by atoms with van der Waals surface area (Å²) >= 11 is 3.26. The first-order valence-corrected chi connectivity index (χ1v) is 11.3. The van der Waals surface area contributed by atoms with Crippen molar-refractivity contribution in [3.8, 4) is 0 Å². The Hall–Kier alpha value is -2.64. The van der Waals surface area contributed by atoms with Crippen molar-refractivity contribution in [1.29, 1.82) is 0 Å². The fraction of sp³-hybridized carbons (Fsp3) is 0.227. The van der Waals surface area contributed by atoms with E-state index in [1.807, 2.05) is 60.8 Å². The first-order valence-electron chi connectivity index (χ1n) is 9.45. The van der Waals surface area contributed by atoms with E-state index in [1.165, 1.54) is 0 Å². The average Bonchev–Trinajstić information content (AvgIpc) is 3.35. The highest BCUT2D eigenvalue weighted by atomic mass is 32.2. The maximum absolute atomic E-state index is 12.8. The Morgan fingerprint density at radius 3 is 2.69 bits per heavy atom. The molecule has 2 amide bonds. The topological polar surface area (TPSA) is 62.3 Å². The van der Waals surface area contributed by atoms with Gasteiger partial charge in [-0.15, -0.1) is 11.3 Å². The van der Waals surface area contributed by atoms with Crippen LogP contribution in [0.15, 0.2) is 58.3 Å². The lowest BCUT2D eigenvalue weighted by Gasteiger charge is -2.16. The lowest BCUT2D eigenvalue weighted by atomic mass is 10.1. The van der Waals surface area contributed by atoms with Crippen LogP contribution in [-0.4, -0.2) is 23.3 Å². The second-order valence-electron chi connectivity index (χ2n) is 6.85. The van der Waals surface area contributed by atoms with Gasteiger partial charge in [0, 0.05) is 46.7 Å². The molecule has 0 radical (unpaired) electrons. The van der Waals surface area contributed by atoms with E-state index < -0.39 is 0 Å². The molecule has 0 atom stereocenters. The summed E-state index contributed by atoms with van der Waals surface area (Å²) in [5.41, 5.74) is 4.24. The number of hydrogen-bond donors (Lipinski definition) is 1. The van der Waals surface area contributed by atoms with E-state index in [0.29, 0.717) is 23.4 Å². The first-order chi connectivity index (χ1) is 14.1. The van der Waals surface area contributed by atoms with Crippen molar-refractivity contribution in [2.45, 2.75) is 29.9 Å². The molecular weight excluding hydrogens is 402 g/mol. The minimum absolute atomic E-state index is 0.137. The molecule has 2 heterocycles. The summed E-state index contributed by atoms with van der Waals surface area (Å²) in [5.74, 6) is 0.706. The van der Waals surface area contributed by atoms with E-state index in [2.05, 4.69) is 10.3 Å². The molecule has 0 aliphatic carbocycles. The zero-order valence-electron chi connectivity index (χ0n) is 16.1. The summed E-state index contributed by atoms with van der Waals surface area (Å²) in [6.07, 6.45) is 1.50. The van der Waals surface area contributed by atoms with Crippen molar-refractivity contribution in [3.63, 3.8) is 0 Å². The number of benzene rings is 2. The van der Waals surface area contributed by atoms with Gasteiger partial charge < -0.3 is 10.2 Å². The number of rotatable bonds is 6. The molecule has 0 spiro atoms. The number of nitrogens with one attached hydrogen (secondary N) is 1. The molecule has 1 N–H and O–H groups in total. The zero-order valence-corrected chi connectivity index (χ0v) is 17.7. The second kappa shape index (κ2) is 8.80. The lowest BCUT2D eigenvalue weighted by molar-refractivity contribution is -0.117. The smallest absolute Gasteiger partial charge is 0.255 e. The molecular formula is C22H21N3O2S2. The fourth-order valence-corrected chi connectivity index (χ4v) is 5.10. The number of aromatic nitrogens is 1. The Balaban J connectivity index is 1.43. The maximum Gasteiger partial charge on any atom is 0.255 e. The predicted octanol–water partition coefficient (Wildman–Crippen LogP) is 5.12. The summed E-state index contributed by atoms with van der Waals surface area (Å²) in [6, 6.07) is 15.1. The van der Waals surface area contributed by atoms with Crippen molar-refractivity contribution in [2.75, 3.05) is 16.8 Å². The van der Waals surface area contributed by atoms with Crippen LogP contribution < -0.4 is 10.2 Å². The molecule has 7 heteroatoms. The molecule has 1 aliphatic heterocycles. The number of thioether (sulfide) groups is 1.